The first-order valence-electron chi connectivity index (χ1n) is 2.96. The van der Waals surface area contributed by atoms with Crippen molar-refractivity contribution < 1.29 is 15.3 Å². The van der Waals surface area contributed by atoms with Gasteiger partial charge in [0, 0.05) is 12.5 Å². The van der Waals surface area contributed by atoms with Crippen LogP contribution in [0.25, 0.3) is 0 Å². The first kappa shape index (κ1) is 11.0. The summed E-state index contributed by atoms with van der Waals surface area (Å²) in [5.41, 5.74) is 0. The van der Waals surface area contributed by atoms with E-state index in [2.05, 4.69) is 5.28 Å². The van der Waals surface area contributed by atoms with E-state index in [1.807, 2.05) is 0 Å². The summed E-state index contributed by atoms with van der Waals surface area (Å²) in [4.78, 5) is 0.117. The average Bonchev–Trinajstić information content (AvgIpc) is 1.85. The van der Waals surface area contributed by atoms with Crippen molar-refractivity contribution in [1.29, 1.82) is 0 Å². The van der Waals surface area contributed by atoms with Crippen LogP contribution in [0.5, 0.6) is 0 Å². The van der Waals surface area contributed by atoms with E-state index in [1.54, 1.807) is 0 Å². The average molecular weight is 171 g/mol. The van der Waals surface area contributed by atoms with Crippen LogP contribution in [0.15, 0.2) is 5.28 Å². The van der Waals surface area contributed by atoms with Crippen molar-refractivity contribution in [2.75, 3.05) is 19.7 Å². The Hall–Kier alpha value is -0.0400. The van der Waals surface area contributed by atoms with Gasteiger partial charge in [-0.25, -0.2) is 0 Å². The summed E-state index contributed by atoms with van der Waals surface area (Å²) in [5.74, 6) is 0.151. The van der Waals surface area contributed by atoms with Crippen molar-refractivity contribution in [2.24, 2.45) is 11.2 Å². The van der Waals surface area contributed by atoms with Gasteiger partial charge in [-0.2, -0.15) is 0 Å². The van der Waals surface area contributed by atoms with E-state index < -0.39 is 0 Å². The van der Waals surface area contributed by atoms with E-state index in [0.717, 1.165) is 0 Å². The Morgan fingerprint density at radius 2 is 2.18 bits per heavy atom. The van der Waals surface area contributed by atoms with Crippen LogP contribution in [-0.4, -0.2) is 69.5 Å². The standard InChI is InChI=1S/C4H9N3O3.Na.H/c8-3-4-1-6(2-4)7(10)5-9;;/h4,8-9H,1-3H2;;/b7-5+;;. The van der Waals surface area contributed by atoms with Crippen molar-refractivity contribution in [3.8, 4) is 0 Å². The molecular weight excluding hydrogens is 161 g/mol. The van der Waals surface area contributed by atoms with Crippen molar-refractivity contribution in [3.05, 3.63) is 5.21 Å². The molecule has 7 heteroatoms. The molecule has 0 aromatic carbocycles. The maximum Gasteiger partial charge on any atom is 0.230 e. The van der Waals surface area contributed by atoms with E-state index in [-0.39, 0.29) is 47.1 Å². The summed E-state index contributed by atoms with van der Waals surface area (Å²) in [6, 6.07) is 0. The minimum Gasteiger partial charge on any atom is -0.569 e. The van der Waals surface area contributed by atoms with Gasteiger partial charge in [0.15, 0.2) is 0 Å². The molecule has 0 aliphatic carbocycles. The van der Waals surface area contributed by atoms with Crippen LogP contribution in [0.2, 0.25) is 0 Å². The monoisotopic (exact) mass is 171 g/mol. The number of hydrogen-bond acceptors (Lipinski definition) is 3. The molecule has 0 amide bonds. The number of aliphatic hydroxyl groups is 1. The fourth-order valence-electron chi connectivity index (χ4n) is 0.854. The fourth-order valence-corrected chi connectivity index (χ4v) is 0.854. The molecule has 1 aliphatic heterocycles. The van der Waals surface area contributed by atoms with Gasteiger partial charge in [0.25, 0.3) is 0 Å². The van der Waals surface area contributed by atoms with Gasteiger partial charge in [0.2, 0.25) is 5.28 Å². The van der Waals surface area contributed by atoms with Gasteiger partial charge in [-0.1, -0.05) is 0 Å². The predicted octanol–water partition coefficient (Wildman–Crippen LogP) is -1.47. The Morgan fingerprint density at radius 1 is 1.64 bits per heavy atom. The fraction of sp³-hybridized carbons (Fsp3) is 1.00. The number of aliphatic hydroxyl groups excluding tert-OH is 1. The van der Waals surface area contributed by atoms with E-state index >= 15 is 0 Å². The van der Waals surface area contributed by atoms with Crippen LogP contribution in [-0.2, 0) is 0 Å². The van der Waals surface area contributed by atoms with Gasteiger partial charge >= 0.3 is 29.6 Å². The second-order valence-electron chi connectivity index (χ2n) is 2.26. The molecule has 11 heavy (non-hydrogen) atoms. The Labute approximate surface area is 85.9 Å². The number of hydrazine groups is 1. The molecule has 0 radical (unpaired) electrons. The van der Waals surface area contributed by atoms with Gasteiger partial charge in [0.05, 0.1) is 18.1 Å². The van der Waals surface area contributed by atoms with Crippen LogP contribution < -0.4 is 0 Å². The van der Waals surface area contributed by atoms with Gasteiger partial charge in [-0.3, -0.25) is 0 Å². The van der Waals surface area contributed by atoms with E-state index in [1.165, 1.54) is 5.01 Å². The van der Waals surface area contributed by atoms with Crippen LogP contribution >= 0.6 is 0 Å². The molecule has 0 saturated carbocycles. The summed E-state index contributed by atoms with van der Waals surface area (Å²) < 4.78 is 0. The predicted molar refractivity (Wildman–Crippen MR) is 37.1 cm³/mol. The van der Waals surface area contributed by atoms with Crippen molar-refractivity contribution in [2.45, 2.75) is 0 Å². The third-order valence-electron chi connectivity index (χ3n) is 1.51. The van der Waals surface area contributed by atoms with Crippen LogP contribution in [0.1, 0.15) is 0 Å². The summed E-state index contributed by atoms with van der Waals surface area (Å²) in [6.45, 7) is 1.00. The molecule has 0 unspecified atom stereocenters. The quantitative estimate of drug-likeness (QED) is 0.230. The van der Waals surface area contributed by atoms with E-state index in [9.17, 15) is 5.21 Å². The van der Waals surface area contributed by atoms with Crippen LogP contribution in [0, 0.1) is 11.1 Å². The van der Waals surface area contributed by atoms with E-state index in [4.69, 9.17) is 10.3 Å². The van der Waals surface area contributed by atoms with Gasteiger partial charge in [0.1, 0.15) is 0 Å². The van der Waals surface area contributed by atoms with Crippen LogP contribution in [0.4, 0.5) is 0 Å². The Balaban J connectivity index is 0.000001000. The maximum atomic E-state index is 10.4. The molecule has 6 nitrogen and oxygen atoms in total. The Morgan fingerprint density at radius 3 is 2.55 bits per heavy atom. The molecule has 0 atom stereocenters. The first-order chi connectivity index (χ1) is 4.77. The topological polar surface area (TPSA) is 82.1 Å². The van der Waals surface area contributed by atoms with Crippen molar-refractivity contribution in [1.82, 2.24) is 5.01 Å². The molecule has 1 fully saturated rings. The third kappa shape index (κ3) is 2.48. The molecule has 1 heterocycles. The summed E-state index contributed by atoms with van der Waals surface area (Å²) in [6.07, 6.45) is 0. The number of hydrogen-bond donors (Lipinski definition) is 2. The minimum absolute atomic E-state index is 0. The molecule has 0 bridgehead atoms. The second kappa shape index (κ2) is 4.76. The van der Waals surface area contributed by atoms with Gasteiger partial charge in [-0.05, 0) is 0 Å². The zero-order valence-corrected chi connectivity index (χ0v) is 5.34. The zero-order chi connectivity index (χ0) is 7.56. The normalized spacial score (nSPS) is 19.0. The molecule has 0 aromatic heterocycles. The Kier molecular flexibility index (Phi) is 4.74. The van der Waals surface area contributed by atoms with Gasteiger partial charge in [-0.15, -0.1) is 5.01 Å². The van der Waals surface area contributed by atoms with Crippen molar-refractivity contribution >= 4 is 29.6 Å². The molecular formula is C4H10N3NaO3. The Bertz CT molecular complexity index is 148. The second-order valence-corrected chi connectivity index (χ2v) is 2.26. The number of rotatable bonds is 2. The molecule has 2 N–H and O–H groups in total. The molecule has 60 valence electrons. The molecule has 1 rings (SSSR count). The van der Waals surface area contributed by atoms with Crippen molar-refractivity contribution in [3.63, 3.8) is 0 Å². The minimum atomic E-state index is 0. The zero-order valence-electron chi connectivity index (χ0n) is 5.34. The third-order valence-corrected chi connectivity index (χ3v) is 1.51. The van der Waals surface area contributed by atoms with E-state index in [0.29, 0.717) is 13.1 Å². The first-order valence-corrected chi connectivity index (χ1v) is 2.96. The summed E-state index contributed by atoms with van der Waals surface area (Å²) in [5, 5.41) is 30.6. The number of nitrogens with zero attached hydrogens (tertiary/aromatic N) is 3. The van der Waals surface area contributed by atoms with Gasteiger partial charge < -0.3 is 15.5 Å². The SMILES string of the molecule is [NaH].[O-]/[N+](=N/O)N1CC(CO)C1. The largest absolute Gasteiger partial charge is 0.569 e. The molecule has 1 aliphatic rings. The smallest absolute Gasteiger partial charge is 0.230 e. The summed E-state index contributed by atoms with van der Waals surface area (Å²) in [7, 11) is 0. The van der Waals surface area contributed by atoms with Crippen LogP contribution in [0.3, 0.4) is 0 Å². The molecule has 0 spiro atoms. The summed E-state index contributed by atoms with van der Waals surface area (Å²) >= 11 is 0. The molecule has 1 saturated heterocycles. The molecule has 0 aromatic rings. The maximum absolute atomic E-state index is 10.4.